The van der Waals surface area contributed by atoms with Crippen molar-refractivity contribution in [3.63, 3.8) is 0 Å². The van der Waals surface area contributed by atoms with Crippen molar-refractivity contribution in [2.45, 2.75) is 11.3 Å². The minimum absolute atomic E-state index is 0.106. The van der Waals surface area contributed by atoms with Crippen LogP contribution < -0.4 is 5.32 Å². The van der Waals surface area contributed by atoms with Gasteiger partial charge in [-0.2, -0.15) is 0 Å². The van der Waals surface area contributed by atoms with Crippen molar-refractivity contribution in [2.24, 2.45) is 0 Å². The molecule has 0 aliphatic carbocycles. The summed E-state index contributed by atoms with van der Waals surface area (Å²) in [5.74, 6) is -0.259. The summed E-state index contributed by atoms with van der Waals surface area (Å²) >= 11 is 4.91. The van der Waals surface area contributed by atoms with Gasteiger partial charge in [-0.15, -0.1) is 11.3 Å². The van der Waals surface area contributed by atoms with Crippen LogP contribution in [0.25, 0.3) is 10.6 Å². The van der Waals surface area contributed by atoms with Gasteiger partial charge in [-0.05, 0) is 30.3 Å². The van der Waals surface area contributed by atoms with E-state index in [2.05, 4.69) is 26.2 Å². The van der Waals surface area contributed by atoms with Crippen LogP contribution in [-0.4, -0.2) is 37.7 Å². The molecule has 0 saturated carbocycles. The third-order valence-electron chi connectivity index (χ3n) is 3.86. The second-order valence-electron chi connectivity index (χ2n) is 6.19. The van der Waals surface area contributed by atoms with Gasteiger partial charge < -0.3 is 5.32 Å². The molecule has 6 nitrogen and oxygen atoms in total. The first-order chi connectivity index (χ1) is 13.3. The molecule has 0 fully saturated rings. The minimum atomic E-state index is -3.56. The van der Waals surface area contributed by atoms with E-state index in [1.54, 1.807) is 12.1 Å². The van der Waals surface area contributed by atoms with Crippen LogP contribution >= 0.6 is 27.3 Å². The van der Waals surface area contributed by atoms with E-state index in [0.717, 1.165) is 19.3 Å². The first-order valence-corrected chi connectivity index (χ1v) is 11.4. The van der Waals surface area contributed by atoms with E-state index in [1.807, 2.05) is 29.6 Å². The monoisotopic (exact) mass is 479 g/mol. The van der Waals surface area contributed by atoms with Crippen molar-refractivity contribution in [3.05, 3.63) is 64.1 Å². The molecule has 146 valence electrons. The molecule has 3 aromatic rings. The third kappa shape index (κ3) is 4.85. The molecule has 1 heterocycles. The molecule has 0 spiro atoms. The van der Waals surface area contributed by atoms with Gasteiger partial charge in [-0.3, -0.25) is 4.79 Å². The molecule has 2 aromatic carbocycles. The zero-order valence-electron chi connectivity index (χ0n) is 15.2. The maximum absolute atomic E-state index is 12.4. The number of amides is 1. The molecule has 9 heteroatoms. The first-order valence-electron chi connectivity index (χ1n) is 8.28. The predicted octanol–water partition coefficient (Wildman–Crippen LogP) is 4.00. The lowest BCUT2D eigenvalue weighted by Crippen LogP contribution is -2.22. The Morgan fingerprint density at radius 2 is 1.93 bits per heavy atom. The standard InChI is InChI=1S/C19H18BrN3O3S2/c1-23(2)28(25,26)17-8-4-7-15(10-17)21-18(24)11-16-12-27-19(22-16)13-5-3-6-14(20)9-13/h3-10,12H,11H2,1-2H3,(H,21,24). The fourth-order valence-corrected chi connectivity index (χ4v) is 4.62. The van der Waals surface area contributed by atoms with Gasteiger partial charge in [0.2, 0.25) is 15.9 Å². The van der Waals surface area contributed by atoms with Gasteiger partial charge in [0.1, 0.15) is 5.01 Å². The summed E-state index contributed by atoms with van der Waals surface area (Å²) in [4.78, 5) is 17.0. The summed E-state index contributed by atoms with van der Waals surface area (Å²) < 4.78 is 26.5. The zero-order chi connectivity index (χ0) is 20.3. The quantitative estimate of drug-likeness (QED) is 0.579. The van der Waals surface area contributed by atoms with Gasteiger partial charge in [-0.25, -0.2) is 17.7 Å². The number of hydrogen-bond donors (Lipinski definition) is 1. The molecule has 1 aromatic heterocycles. The number of benzene rings is 2. The maximum Gasteiger partial charge on any atom is 0.242 e. The SMILES string of the molecule is CN(C)S(=O)(=O)c1cccc(NC(=O)Cc2csc(-c3cccc(Br)c3)n2)c1. The number of thiazole rings is 1. The number of rotatable bonds is 6. The van der Waals surface area contributed by atoms with Crippen molar-refractivity contribution in [3.8, 4) is 10.6 Å². The average molecular weight is 480 g/mol. The van der Waals surface area contributed by atoms with Gasteiger partial charge in [-0.1, -0.05) is 34.1 Å². The largest absolute Gasteiger partial charge is 0.326 e. The number of sulfonamides is 1. The van der Waals surface area contributed by atoms with Crippen LogP contribution in [0.5, 0.6) is 0 Å². The van der Waals surface area contributed by atoms with Crippen LogP contribution in [0.15, 0.2) is 63.3 Å². The molecule has 0 saturated heterocycles. The minimum Gasteiger partial charge on any atom is -0.326 e. The molecule has 1 amide bonds. The second kappa shape index (κ2) is 8.52. The number of nitrogens with one attached hydrogen (secondary N) is 1. The number of aromatic nitrogens is 1. The van der Waals surface area contributed by atoms with Gasteiger partial charge >= 0.3 is 0 Å². The van der Waals surface area contributed by atoms with E-state index >= 15 is 0 Å². The van der Waals surface area contributed by atoms with Gasteiger partial charge in [0.25, 0.3) is 0 Å². The number of anilines is 1. The summed E-state index contributed by atoms with van der Waals surface area (Å²) in [6.07, 6.45) is 0.106. The molecule has 0 aliphatic heterocycles. The molecule has 0 radical (unpaired) electrons. The lowest BCUT2D eigenvalue weighted by Gasteiger charge is -2.12. The Kier molecular flexibility index (Phi) is 6.29. The second-order valence-corrected chi connectivity index (χ2v) is 10.1. The lowest BCUT2D eigenvalue weighted by atomic mass is 10.2. The highest BCUT2D eigenvalue weighted by atomic mass is 79.9. The molecule has 0 bridgehead atoms. The fraction of sp³-hybridized carbons (Fsp3) is 0.158. The van der Waals surface area contributed by atoms with Crippen molar-refractivity contribution in [1.82, 2.24) is 9.29 Å². The van der Waals surface area contributed by atoms with E-state index in [-0.39, 0.29) is 17.2 Å². The summed E-state index contributed by atoms with van der Waals surface area (Å²) in [5, 5.41) is 5.42. The normalized spacial score (nSPS) is 11.6. The molecule has 3 rings (SSSR count). The van der Waals surface area contributed by atoms with E-state index in [9.17, 15) is 13.2 Å². The van der Waals surface area contributed by atoms with Crippen molar-refractivity contribution in [2.75, 3.05) is 19.4 Å². The third-order valence-corrected chi connectivity index (χ3v) is 7.11. The average Bonchev–Trinajstić information content (AvgIpc) is 3.10. The Balaban J connectivity index is 1.70. The van der Waals surface area contributed by atoms with Gasteiger partial charge in [0, 0.05) is 35.2 Å². The smallest absolute Gasteiger partial charge is 0.242 e. The van der Waals surface area contributed by atoms with E-state index in [4.69, 9.17) is 0 Å². The Morgan fingerprint density at radius 1 is 1.18 bits per heavy atom. The summed E-state index contributed by atoms with van der Waals surface area (Å²) in [6.45, 7) is 0. The number of hydrogen-bond acceptors (Lipinski definition) is 5. The molecule has 0 aliphatic rings. The highest BCUT2D eigenvalue weighted by Gasteiger charge is 2.18. The number of halogens is 1. The molecule has 0 atom stereocenters. The van der Waals surface area contributed by atoms with Crippen molar-refractivity contribution < 1.29 is 13.2 Å². The van der Waals surface area contributed by atoms with Gasteiger partial charge in [0.15, 0.2) is 0 Å². The van der Waals surface area contributed by atoms with Crippen LogP contribution in [0.2, 0.25) is 0 Å². The van der Waals surface area contributed by atoms with Crippen LogP contribution in [0, 0.1) is 0 Å². The van der Waals surface area contributed by atoms with Gasteiger partial charge in [0.05, 0.1) is 17.0 Å². The Labute approximate surface area is 176 Å². The molecular formula is C19H18BrN3O3S2. The maximum atomic E-state index is 12.4. The molecule has 0 unspecified atom stereocenters. The first kappa shape index (κ1) is 20.7. The van der Waals surface area contributed by atoms with Crippen molar-refractivity contribution >= 4 is 48.9 Å². The lowest BCUT2D eigenvalue weighted by molar-refractivity contribution is -0.115. The molecule has 28 heavy (non-hydrogen) atoms. The number of carbonyl (C=O) groups excluding carboxylic acids is 1. The Bertz CT molecular complexity index is 1110. The fourth-order valence-electron chi connectivity index (χ4n) is 2.46. The van der Waals surface area contributed by atoms with Crippen LogP contribution in [0.3, 0.4) is 0 Å². The van der Waals surface area contributed by atoms with Crippen molar-refractivity contribution in [1.29, 1.82) is 0 Å². The van der Waals surface area contributed by atoms with Crippen LogP contribution in [0.4, 0.5) is 5.69 Å². The van der Waals surface area contributed by atoms with Crippen LogP contribution in [-0.2, 0) is 21.2 Å². The Morgan fingerprint density at radius 3 is 2.64 bits per heavy atom. The topological polar surface area (TPSA) is 79.4 Å². The highest BCUT2D eigenvalue weighted by molar-refractivity contribution is 9.10. The van der Waals surface area contributed by atoms with E-state index in [1.165, 1.54) is 37.6 Å². The summed E-state index contributed by atoms with van der Waals surface area (Å²) in [6, 6.07) is 14.0. The zero-order valence-corrected chi connectivity index (χ0v) is 18.4. The molecular weight excluding hydrogens is 462 g/mol. The van der Waals surface area contributed by atoms with Crippen LogP contribution in [0.1, 0.15) is 5.69 Å². The van der Waals surface area contributed by atoms with E-state index < -0.39 is 10.0 Å². The molecule has 1 N–H and O–H groups in total. The summed E-state index contributed by atoms with van der Waals surface area (Å²) in [5.41, 5.74) is 2.07. The highest BCUT2D eigenvalue weighted by Crippen LogP contribution is 2.26. The van der Waals surface area contributed by atoms with E-state index in [0.29, 0.717) is 11.4 Å². The number of nitrogens with zero attached hydrogens (tertiary/aromatic N) is 2. The predicted molar refractivity (Wildman–Crippen MR) is 115 cm³/mol. The number of carbonyl (C=O) groups is 1. The summed E-state index contributed by atoms with van der Waals surface area (Å²) in [7, 11) is -0.629. The Hall–Kier alpha value is -2.07.